The van der Waals surface area contributed by atoms with E-state index in [1.54, 1.807) is 12.1 Å². The molecule has 2 nitrogen and oxygen atoms in total. The first kappa shape index (κ1) is 14.0. The number of halogens is 2. The van der Waals surface area contributed by atoms with Gasteiger partial charge in [-0.05, 0) is 25.0 Å². The Hall–Kier alpha value is -1.09. The first-order valence-electron chi connectivity index (χ1n) is 5.74. The van der Waals surface area contributed by atoms with Crippen LogP contribution < -0.4 is 0 Å². The molecule has 0 aliphatic heterocycles. The largest absolute Gasteiger partial charge is 0.481 e. The van der Waals surface area contributed by atoms with E-state index in [0.717, 1.165) is 25.7 Å². The highest BCUT2D eigenvalue weighted by Crippen LogP contribution is 2.23. The molecule has 0 saturated heterocycles. The molecule has 0 atom stereocenters. The Bertz CT molecular complexity index is 341. The second-order valence-corrected chi connectivity index (χ2v) is 4.49. The molecule has 1 N–H and O–H groups in total. The molecule has 2 rings (SSSR count). The van der Waals surface area contributed by atoms with Crippen LogP contribution in [-0.2, 0) is 4.79 Å². The highest BCUT2D eigenvalue weighted by atomic mass is 35.5. The fourth-order valence-electron chi connectivity index (χ4n) is 1.79. The van der Waals surface area contributed by atoms with Crippen molar-refractivity contribution in [2.45, 2.75) is 32.1 Å². The lowest BCUT2D eigenvalue weighted by Crippen LogP contribution is -2.16. The van der Waals surface area contributed by atoms with Gasteiger partial charge in [-0.15, -0.1) is 0 Å². The second kappa shape index (κ2) is 7.28. The molecular weight excluding hydrogens is 243 g/mol. The molecule has 1 fully saturated rings. The third-order valence-corrected chi connectivity index (χ3v) is 3.09. The van der Waals surface area contributed by atoms with Gasteiger partial charge in [0.25, 0.3) is 0 Å². The quantitative estimate of drug-likeness (QED) is 0.822. The Kier molecular flexibility index (Phi) is 5.98. The number of carboxylic acids is 1. The van der Waals surface area contributed by atoms with Crippen LogP contribution in [0.3, 0.4) is 0 Å². The lowest BCUT2D eigenvalue weighted by Gasteiger charge is -2.16. The van der Waals surface area contributed by atoms with Crippen molar-refractivity contribution in [3.05, 3.63) is 35.1 Å². The Balaban J connectivity index is 0.000000171. The molecule has 0 radical (unpaired) electrons. The smallest absolute Gasteiger partial charge is 0.306 e. The van der Waals surface area contributed by atoms with Crippen molar-refractivity contribution in [3.63, 3.8) is 0 Å². The van der Waals surface area contributed by atoms with E-state index in [1.807, 2.05) is 0 Å². The summed E-state index contributed by atoms with van der Waals surface area (Å²) in [7, 11) is 0. The minimum atomic E-state index is -0.602. The number of benzene rings is 1. The zero-order chi connectivity index (χ0) is 12.7. The fourth-order valence-corrected chi connectivity index (χ4v) is 1.92. The fraction of sp³-hybridized carbons (Fsp3) is 0.462. The first-order chi connectivity index (χ1) is 8.11. The molecule has 1 aromatic rings. The summed E-state index contributed by atoms with van der Waals surface area (Å²) in [6, 6.07) is 6.12. The van der Waals surface area contributed by atoms with E-state index in [9.17, 15) is 9.18 Å². The maximum absolute atomic E-state index is 12.2. The molecule has 1 aromatic carbocycles. The van der Waals surface area contributed by atoms with Crippen molar-refractivity contribution in [2.24, 2.45) is 5.92 Å². The summed E-state index contributed by atoms with van der Waals surface area (Å²) < 4.78 is 12.2. The Morgan fingerprint density at radius 2 is 1.82 bits per heavy atom. The lowest BCUT2D eigenvalue weighted by molar-refractivity contribution is -0.142. The standard InChI is InChI=1S/C7H12O2.C6H4ClF/c8-7(9)6-4-2-1-3-5-6;7-5-3-1-2-4-6(5)8/h6H,1-5H2,(H,8,9);1-4H. The number of aliphatic carboxylic acids is 1. The van der Waals surface area contributed by atoms with Crippen molar-refractivity contribution in [1.82, 2.24) is 0 Å². The number of carboxylic acid groups (broad SMARTS) is 1. The van der Waals surface area contributed by atoms with E-state index in [2.05, 4.69) is 0 Å². The second-order valence-electron chi connectivity index (χ2n) is 4.09. The number of hydrogen-bond donors (Lipinski definition) is 1. The van der Waals surface area contributed by atoms with Crippen LogP contribution in [0.1, 0.15) is 32.1 Å². The Labute approximate surface area is 105 Å². The molecule has 94 valence electrons. The van der Waals surface area contributed by atoms with Gasteiger partial charge in [0.05, 0.1) is 10.9 Å². The van der Waals surface area contributed by atoms with Gasteiger partial charge in [-0.1, -0.05) is 43.0 Å². The molecule has 0 unspecified atom stereocenters. The van der Waals surface area contributed by atoms with E-state index < -0.39 is 5.97 Å². The zero-order valence-corrected chi connectivity index (χ0v) is 10.3. The molecule has 0 spiro atoms. The van der Waals surface area contributed by atoms with E-state index in [4.69, 9.17) is 16.7 Å². The first-order valence-corrected chi connectivity index (χ1v) is 6.12. The molecule has 0 aromatic heterocycles. The third-order valence-electron chi connectivity index (χ3n) is 2.78. The van der Waals surface area contributed by atoms with Crippen LogP contribution in [0.2, 0.25) is 5.02 Å². The van der Waals surface area contributed by atoms with Gasteiger partial charge in [-0.3, -0.25) is 4.79 Å². The molecule has 0 heterocycles. The molecule has 1 aliphatic rings. The lowest BCUT2D eigenvalue weighted by atomic mass is 9.90. The van der Waals surface area contributed by atoms with Gasteiger partial charge < -0.3 is 5.11 Å². The van der Waals surface area contributed by atoms with Crippen LogP contribution in [0.4, 0.5) is 4.39 Å². The van der Waals surface area contributed by atoms with Crippen LogP contribution in [0.5, 0.6) is 0 Å². The van der Waals surface area contributed by atoms with Crippen LogP contribution in [0.25, 0.3) is 0 Å². The van der Waals surface area contributed by atoms with Gasteiger partial charge in [0, 0.05) is 0 Å². The van der Waals surface area contributed by atoms with Gasteiger partial charge in [0.15, 0.2) is 0 Å². The predicted octanol–water partition coefficient (Wildman–Crippen LogP) is 4.13. The number of hydrogen-bond acceptors (Lipinski definition) is 1. The highest BCUT2D eigenvalue weighted by molar-refractivity contribution is 6.30. The van der Waals surface area contributed by atoms with E-state index in [0.29, 0.717) is 0 Å². The van der Waals surface area contributed by atoms with Crippen LogP contribution >= 0.6 is 11.6 Å². The minimum Gasteiger partial charge on any atom is -0.481 e. The van der Waals surface area contributed by atoms with Crippen LogP contribution in [0.15, 0.2) is 24.3 Å². The summed E-state index contributed by atoms with van der Waals surface area (Å²) in [6.07, 6.45) is 5.24. The molecule has 0 amide bonds. The summed E-state index contributed by atoms with van der Waals surface area (Å²) in [4.78, 5) is 10.4. The van der Waals surface area contributed by atoms with Gasteiger partial charge in [0.2, 0.25) is 0 Å². The minimum absolute atomic E-state index is 0.0289. The van der Waals surface area contributed by atoms with Crippen molar-refractivity contribution in [3.8, 4) is 0 Å². The predicted molar refractivity (Wildman–Crippen MR) is 65.6 cm³/mol. The van der Waals surface area contributed by atoms with Gasteiger partial charge in [0.1, 0.15) is 5.82 Å². The maximum atomic E-state index is 12.2. The zero-order valence-electron chi connectivity index (χ0n) is 9.53. The van der Waals surface area contributed by atoms with E-state index in [-0.39, 0.29) is 16.8 Å². The molecule has 0 bridgehead atoms. The molecule has 1 saturated carbocycles. The summed E-state index contributed by atoms with van der Waals surface area (Å²) >= 11 is 5.33. The highest BCUT2D eigenvalue weighted by Gasteiger charge is 2.19. The van der Waals surface area contributed by atoms with Crippen molar-refractivity contribution < 1.29 is 14.3 Å². The topological polar surface area (TPSA) is 37.3 Å². The summed E-state index contributed by atoms with van der Waals surface area (Å²) in [5, 5.41) is 8.71. The third kappa shape index (κ3) is 5.18. The van der Waals surface area contributed by atoms with Gasteiger partial charge >= 0.3 is 5.97 Å². The Morgan fingerprint density at radius 1 is 1.24 bits per heavy atom. The number of rotatable bonds is 1. The normalized spacial score (nSPS) is 15.9. The summed E-state index contributed by atoms with van der Waals surface area (Å²) in [5.41, 5.74) is 0. The molecule has 4 heteroatoms. The molecule has 1 aliphatic carbocycles. The van der Waals surface area contributed by atoms with E-state index >= 15 is 0 Å². The van der Waals surface area contributed by atoms with Crippen molar-refractivity contribution >= 4 is 17.6 Å². The van der Waals surface area contributed by atoms with Gasteiger partial charge in [-0.2, -0.15) is 0 Å². The van der Waals surface area contributed by atoms with Crippen molar-refractivity contribution in [2.75, 3.05) is 0 Å². The SMILES string of the molecule is Fc1ccccc1Cl.O=C(O)C1CCCCC1. The maximum Gasteiger partial charge on any atom is 0.306 e. The average Bonchev–Trinajstić information content (AvgIpc) is 2.35. The van der Waals surface area contributed by atoms with Gasteiger partial charge in [-0.25, -0.2) is 4.39 Å². The summed E-state index contributed by atoms with van der Waals surface area (Å²) in [6.45, 7) is 0. The summed E-state index contributed by atoms with van der Waals surface area (Å²) in [5.74, 6) is -0.998. The van der Waals surface area contributed by atoms with E-state index in [1.165, 1.54) is 18.6 Å². The molecular formula is C13H16ClFO2. The Morgan fingerprint density at radius 3 is 2.18 bits per heavy atom. The van der Waals surface area contributed by atoms with Crippen LogP contribution in [-0.4, -0.2) is 11.1 Å². The number of carbonyl (C=O) groups is 1. The average molecular weight is 259 g/mol. The van der Waals surface area contributed by atoms with Crippen molar-refractivity contribution in [1.29, 1.82) is 0 Å². The monoisotopic (exact) mass is 258 g/mol. The molecule has 17 heavy (non-hydrogen) atoms. The van der Waals surface area contributed by atoms with Crippen LogP contribution in [0, 0.1) is 11.7 Å².